The average molecular weight is 371 g/mol. The van der Waals surface area contributed by atoms with Crippen LogP contribution in [-0.4, -0.2) is 22.6 Å². The SMILES string of the molecule is CCc1cc2c(=O)n(CC(=O)NC(C)c3ccccc3OC)cnc2s1. The number of methoxy groups -OCH3 is 1. The number of benzene rings is 1. The zero-order valence-electron chi connectivity index (χ0n) is 15.0. The van der Waals surface area contributed by atoms with E-state index in [9.17, 15) is 9.59 Å². The van der Waals surface area contributed by atoms with E-state index >= 15 is 0 Å². The first kappa shape index (κ1) is 18.1. The van der Waals surface area contributed by atoms with Gasteiger partial charge < -0.3 is 10.1 Å². The molecule has 7 heteroatoms. The number of nitrogens with one attached hydrogen (secondary N) is 1. The van der Waals surface area contributed by atoms with Gasteiger partial charge >= 0.3 is 0 Å². The molecule has 26 heavy (non-hydrogen) atoms. The summed E-state index contributed by atoms with van der Waals surface area (Å²) >= 11 is 1.51. The van der Waals surface area contributed by atoms with Crippen LogP contribution < -0.4 is 15.6 Å². The lowest BCUT2D eigenvalue weighted by Crippen LogP contribution is -2.34. The third kappa shape index (κ3) is 3.62. The fourth-order valence-corrected chi connectivity index (χ4v) is 3.77. The van der Waals surface area contributed by atoms with Crippen LogP contribution in [0.2, 0.25) is 0 Å². The summed E-state index contributed by atoms with van der Waals surface area (Å²) in [6.07, 6.45) is 2.30. The third-order valence-corrected chi connectivity index (χ3v) is 5.40. The average Bonchev–Trinajstić information content (AvgIpc) is 3.08. The molecule has 3 rings (SSSR count). The fraction of sp³-hybridized carbons (Fsp3) is 0.316. The van der Waals surface area contributed by atoms with Crippen LogP contribution in [0.3, 0.4) is 0 Å². The Kier molecular flexibility index (Phi) is 5.37. The number of aryl methyl sites for hydroxylation is 1. The number of para-hydroxylation sites is 1. The smallest absolute Gasteiger partial charge is 0.262 e. The van der Waals surface area contributed by atoms with E-state index in [2.05, 4.69) is 10.3 Å². The lowest BCUT2D eigenvalue weighted by Gasteiger charge is -2.17. The number of nitrogens with zero attached hydrogens (tertiary/aromatic N) is 2. The molecule has 1 amide bonds. The first-order chi connectivity index (χ1) is 12.5. The molecule has 1 unspecified atom stereocenters. The maximum absolute atomic E-state index is 12.6. The number of rotatable bonds is 6. The summed E-state index contributed by atoms with van der Waals surface area (Å²) in [5.74, 6) is 0.462. The molecule has 1 N–H and O–H groups in total. The Hall–Kier alpha value is -2.67. The van der Waals surface area contributed by atoms with Crippen molar-refractivity contribution in [1.82, 2.24) is 14.9 Å². The van der Waals surface area contributed by atoms with Crippen molar-refractivity contribution < 1.29 is 9.53 Å². The van der Waals surface area contributed by atoms with Gasteiger partial charge in [-0.1, -0.05) is 25.1 Å². The fourth-order valence-electron chi connectivity index (χ4n) is 2.84. The monoisotopic (exact) mass is 371 g/mol. The van der Waals surface area contributed by atoms with Crippen LogP contribution in [0.25, 0.3) is 10.2 Å². The van der Waals surface area contributed by atoms with E-state index in [1.807, 2.05) is 44.2 Å². The van der Waals surface area contributed by atoms with Crippen LogP contribution in [0.1, 0.15) is 30.3 Å². The van der Waals surface area contributed by atoms with E-state index in [4.69, 9.17) is 4.74 Å². The van der Waals surface area contributed by atoms with E-state index in [1.165, 1.54) is 22.2 Å². The Morgan fingerprint density at radius 1 is 1.38 bits per heavy atom. The summed E-state index contributed by atoms with van der Waals surface area (Å²) in [6.45, 7) is 3.85. The number of aromatic nitrogens is 2. The van der Waals surface area contributed by atoms with Gasteiger partial charge in [-0.25, -0.2) is 4.98 Å². The Morgan fingerprint density at radius 3 is 2.88 bits per heavy atom. The van der Waals surface area contributed by atoms with Crippen LogP contribution in [0.4, 0.5) is 0 Å². The van der Waals surface area contributed by atoms with Gasteiger partial charge in [-0.05, 0) is 25.5 Å². The molecule has 0 saturated carbocycles. The normalized spacial score (nSPS) is 12.1. The Bertz CT molecular complexity index is 993. The van der Waals surface area contributed by atoms with Gasteiger partial charge in [0.25, 0.3) is 5.56 Å². The van der Waals surface area contributed by atoms with Crippen LogP contribution >= 0.6 is 11.3 Å². The highest BCUT2D eigenvalue weighted by Crippen LogP contribution is 2.24. The molecule has 3 aromatic rings. The number of carbonyl (C=O) groups excluding carboxylic acids is 1. The summed E-state index contributed by atoms with van der Waals surface area (Å²) in [4.78, 5) is 31.1. The van der Waals surface area contributed by atoms with E-state index in [0.717, 1.165) is 16.9 Å². The summed E-state index contributed by atoms with van der Waals surface area (Å²) in [5, 5.41) is 3.48. The second kappa shape index (κ2) is 7.70. The van der Waals surface area contributed by atoms with E-state index in [0.29, 0.717) is 16.0 Å². The van der Waals surface area contributed by atoms with Gasteiger partial charge in [0.1, 0.15) is 17.1 Å². The Balaban J connectivity index is 1.76. The summed E-state index contributed by atoms with van der Waals surface area (Å²) in [7, 11) is 1.60. The lowest BCUT2D eigenvalue weighted by atomic mass is 10.1. The first-order valence-electron chi connectivity index (χ1n) is 8.43. The minimum atomic E-state index is -0.252. The van der Waals surface area contributed by atoms with E-state index < -0.39 is 0 Å². The largest absolute Gasteiger partial charge is 0.496 e. The summed E-state index contributed by atoms with van der Waals surface area (Å²) in [6, 6.07) is 9.15. The second-order valence-corrected chi connectivity index (χ2v) is 7.11. The maximum Gasteiger partial charge on any atom is 0.262 e. The Labute approximate surface area is 155 Å². The molecular weight excluding hydrogens is 350 g/mol. The highest BCUT2D eigenvalue weighted by molar-refractivity contribution is 7.18. The van der Waals surface area contributed by atoms with Crippen molar-refractivity contribution in [1.29, 1.82) is 0 Å². The van der Waals surface area contributed by atoms with Crippen LogP contribution in [0, 0.1) is 0 Å². The molecule has 2 heterocycles. The molecule has 1 atom stereocenters. The van der Waals surface area contributed by atoms with Crippen LogP contribution in [0.5, 0.6) is 5.75 Å². The molecule has 6 nitrogen and oxygen atoms in total. The lowest BCUT2D eigenvalue weighted by molar-refractivity contribution is -0.122. The van der Waals surface area contributed by atoms with Gasteiger partial charge in [0.05, 0.1) is 24.9 Å². The number of hydrogen-bond acceptors (Lipinski definition) is 5. The minimum absolute atomic E-state index is 0.0709. The number of thiophene rings is 1. The third-order valence-electron chi connectivity index (χ3n) is 4.21. The van der Waals surface area contributed by atoms with Gasteiger partial charge in [0, 0.05) is 10.4 Å². The molecule has 2 aromatic heterocycles. The van der Waals surface area contributed by atoms with E-state index in [-0.39, 0.29) is 24.1 Å². The molecule has 0 bridgehead atoms. The highest BCUT2D eigenvalue weighted by atomic mass is 32.1. The van der Waals surface area contributed by atoms with Crippen LogP contribution in [0.15, 0.2) is 41.5 Å². The summed E-state index contributed by atoms with van der Waals surface area (Å²) in [5.41, 5.74) is 0.695. The predicted molar refractivity (Wildman–Crippen MR) is 103 cm³/mol. The molecule has 0 saturated heterocycles. The van der Waals surface area contributed by atoms with Crippen molar-refractivity contribution in [2.24, 2.45) is 0 Å². The number of ether oxygens (including phenoxy) is 1. The molecular formula is C19H21N3O3S. The quantitative estimate of drug-likeness (QED) is 0.723. The molecule has 0 fully saturated rings. The number of amides is 1. The van der Waals surface area contributed by atoms with Crippen molar-refractivity contribution >= 4 is 27.5 Å². The minimum Gasteiger partial charge on any atom is -0.496 e. The van der Waals surface area contributed by atoms with Gasteiger partial charge in [-0.2, -0.15) is 0 Å². The maximum atomic E-state index is 12.6. The molecule has 0 spiro atoms. The highest BCUT2D eigenvalue weighted by Gasteiger charge is 2.15. The number of carbonyl (C=O) groups is 1. The van der Waals surface area contributed by atoms with Gasteiger partial charge in [-0.3, -0.25) is 14.2 Å². The van der Waals surface area contributed by atoms with Crippen molar-refractivity contribution in [3.63, 3.8) is 0 Å². The zero-order chi connectivity index (χ0) is 18.7. The van der Waals surface area contributed by atoms with E-state index in [1.54, 1.807) is 7.11 Å². The predicted octanol–water partition coefficient (Wildman–Crippen LogP) is 2.91. The molecule has 136 valence electrons. The van der Waals surface area contributed by atoms with Crippen molar-refractivity contribution in [3.05, 3.63) is 57.5 Å². The van der Waals surface area contributed by atoms with Crippen molar-refractivity contribution in [2.75, 3.05) is 7.11 Å². The van der Waals surface area contributed by atoms with Crippen molar-refractivity contribution in [2.45, 2.75) is 32.9 Å². The van der Waals surface area contributed by atoms with Crippen LogP contribution in [-0.2, 0) is 17.8 Å². The molecule has 0 aliphatic rings. The molecule has 0 aliphatic heterocycles. The number of hydrogen-bond donors (Lipinski definition) is 1. The second-order valence-electron chi connectivity index (χ2n) is 5.99. The Morgan fingerprint density at radius 2 is 2.15 bits per heavy atom. The standard InChI is InChI=1S/C19H21N3O3S/c1-4-13-9-15-18(26-13)20-11-22(19(15)24)10-17(23)21-12(2)14-7-5-6-8-16(14)25-3/h5-9,11-12H,4,10H2,1-3H3,(H,21,23). The topological polar surface area (TPSA) is 73.2 Å². The first-order valence-corrected chi connectivity index (χ1v) is 9.25. The van der Waals surface area contributed by atoms with Crippen molar-refractivity contribution in [3.8, 4) is 5.75 Å². The van der Waals surface area contributed by atoms with Gasteiger partial charge in [0.2, 0.25) is 5.91 Å². The molecule has 0 aliphatic carbocycles. The van der Waals surface area contributed by atoms with Gasteiger partial charge in [-0.15, -0.1) is 11.3 Å². The number of fused-ring (bicyclic) bond motifs is 1. The van der Waals surface area contributed by atoms with Gasteiger partial charge in [0.15, 0.2) is 0 Å². The molecule has 1 aromatic carbocycles. The zero-order valence-corrected chi connectivity index (χ0v) is 15.8. The summed E-state index contributed by atoms with van der Waals surface area (Å²) < 4.78 is 6.68. The molecule has 0 radical (unpaired) electrons.